The Morgan fingerprint density at radius 3 is 2.75 bits per heavy atom. The smallest absolute Gasteiger partial charge is 0.341 e. The van der Waals surface area contributed by atoms with E-state index in [2.05, 4.69) is 21.0 Å². The van der Waals surface area contributed by atoms with E-state index in [9.17, 15) is 14.3 Å². The summed E-state index contributed by atoms with van der Waals surface area (Å²) in [5, 5.41) is 14.8. The van der Waals surface area contributed by atoms with Gasteiger partial charge in [-0.05, 0) is 36.8 Å². The normalized spacial score (nSPS) is 11.0. The Labute approximate surface area is 145 Å². The third-order valence-electron chi connectivity index (χ3n) is 3.76. The first kappa shape index (κ1) is 16.4. The molecule has 0 saturated heterocycles. The van der Waals surface area contributed by atoms with Gasteiger partial charge in [0.25, 0.3) is 0 Å². The zero-order valence-corrected chi connectivity index (χ0v) is 14.6. The van der Waals surface area contributed by atoms with Gasteiger partial charge >= 0.3 is 5.97 Å². The lowest BCUT2D eigenvalue weighted by molar-refractivity contribution is 0.0597. The Bertz CT molecular complexity index is 953. The molecular formula is C17H14BrFN2O3. The second-order valence-corrected chi connectivity index (χ2v) is 6.11. The van der Waals surface area contributed by atoms with Crippen molar-refractivity contribution >= 4 is 27.4 Å². The van der Waals surface area contributed by atoms with Gasteiger partial charge in [0.2, 0.25) is 0 Å². The molecule has 24 heavy (non-hydrogen) atoms. The van der Waals surface area contributed by atoms with Gasteiger partial charge in [-0.2, -0.15) is 5.10 Å². The van der Waals surface area contributed by atoms with Crippen molar-refractivity contribution in [3.63, 3.8) is 0 Å². The standard InChI is InChI=1S/C17H14BrFN2O3/c1-3-10-7-12(17(23)24-2)16(22)15-8-14(20-21(10)15)11-5-4-9(18)6-13(11)19/h4-8,22H,3H2,1-2H3. The number of ether oxygens (including phenoxy) is 1. The molecule has 0 unspecified atom stereocenters. The van der Waals surface area contributed by atoms with Gasteiger partial charge in [-0.3, -0.25) is 0 Å². The van der Waals surface area contributed by atoms with E-state index < -0.39 is 11.8 Å². The molecule has 2 aromatic heterocycles. The van der Waals surface area contributed by atoms with Gasteiger partial charge < -0.3 is 9.84 Å². The average molecular weight is 393 g/mol. The van der Waals surface area contributed by atoms with Crippen molar-refractivity contribution < 1.29 is 19.0 Å². The van der Waals surface area contributed by atoms with E-state index in [4.69, 9.17) is 4.74 Å². The summed E-state index contributed by atoms with van der Waals surface area (Å²) in [6.07, 6.45) is 0.574. The Kier molecular flexibility index (Phi) is 4.28. The maximum absolute atomic E-state index is 14.2. The number of aromatic hydroxyl groups is 1. The number of aryl methyl sites for hydroxylation is 1. The molecule has 0 atom stereocenters. The molecule has 2 heterocycles. The molecule has 0 spiro atoms. The molecule has 0 radical (unpaired) electrons. The summed E-state index contributed by atoms with van der Waals surface area (Å²) in [5.74, 6) is -1.31. The second-order valence-electron chi connectivity index (χ2n) is 5.19. The second kappa shape index (κ2) is 6.24. The SMILES string of the molecule is CCc1cc(C(=O)OC)c(O)c2cc(-c3ccc(Br)cc3F)nn12. The molecule has 0 aliphatic rings. The van der Waals surface area contributed by atoms with Crippen LogP contribution in [-0.4, -0.2) is 27.8 Å². The topological polar surface area (TPSA) is 63.8 Å². The van der Waals surface area contributed by atoms with Gasteiger partial charge in [-0.25, -0.2) is 13.7 Å². The fourth-order valence-corrected chi connectivity index (χ4v) is 2.88. The lowest BCUT2D eigenvalue weighted by Gasteiger charge is -2.08. The third kappa shape index (κ3) is 2.65. The summed E-state index contributed by atoms with van der Waals surface area (Å²) in [6.45, 7) is 1.90. The molecule has 0 saturated carbocycles. The van der Waals surface area contributed by atoms with E-state index >= 15 is 0 Å². The highest BCUT2D eigenvalue weighted by Gasteiger charge is 2.20. The number of nitrogens with zero attached hydrogens (tertiary/aromatic N) is 2. The van der Waals surface area contributed by atoms with Crippen LogP contribution in [0.4, 0.5) is 4.39 Å². The first-order chi connectivity index (χ1) is 11.5. The van der Waals surface area contributed by atoms with E-state index in [1.54, 1.807) is 18.2 Å². The number of benzene rings is 1. The number of halogens is 2. The summed E-state index contributed by atoms with van der Waals surface area (Å²) in [6, 6.07) is 7.74. The highest BCUT2D eigenvalue weighted by atomic mass is 79.9. The Hall–Kier alpha value is -2.41. The van der Waals surface area contributed by atoms with Crippen LogP contribution in [0.2, 0.25) is 0 Å². The number of pyridine rings is 1. The molecule has 7 heteroatoms. The number of hydrogen-bond donors (Lipinski definition) is 1. The molecular weight excluding hydrogens is 379 g/mol. The molecule has 1 N–H and O–H groups in total. The van der Waals surface area contributed by atoms with Crippen LogP contribution in [0.25, 0.3) is 16.8 Å². The van der Waals surface area contributed by atoms with Crippen LogP contribution in [0, 0.1) is 5.82 Å². The molecule has 124 valence electrons. The molecule has 0 bridgehead atoms. The van der Waals surface area contributed by atoms with Gasteiger partial charge in [0.15, 0.2) is 5.75 Å². The Balaban J connectivity index is 2.27. The third-order valence-corrected chi connectivity index (χ3v) is 4.26. The zero-order chi connectivity index (χ0) is 17.4. The van der Waals surface area contributed by atoms with Gasteiger partial charge in [0.05, 0.1) is 12.8 Å². The van der Waals surface area contributed by atoms with Crippen LogP contribution in [0.15, 0.2) is 34.8 Å². The van der Waals surface area contributed by atoms with Crippen molar-refractivity contribution in [2.45, 2.75) is 13.3 Å². The fourth-order valence-electron chi connectivity index (χ4n) is 2.55. The minimum atomic E-state index is -0.637. The molecule has 3 aromatic rings. The lowest BCUT2D eigenvalue weighted by atomic mass is 10.1. The first-order valence-electron chi connectivity index (χ1n) is 7.24. The summed E-state index contributed by atoms with van der Waals surface area (Å²) < 4.78 is 21.0. The van der Waals surface area contributed by atoms with Crippen LogP contribution in [-0.2, 0) is 11.2 Å². The predicted molar refractivity (Wildman–Crippen MR) is 90.7 cm³/mol. The quantitative estimate of drug-likeness (QED) is 0.685. The Morgan fingerprint density at radius 1 is 1.38 bits per heavy atom. The van der Waals surface area contributed by atoms with Gasteiger partial charge in [0.1, 0.15) is 16.9 Å². The van der Waals surface area contributed by atoms with Crippen molar-refractivity contribution in [3.8, 4) is 17.0 Å². The molecule has 0 amide bonds. The monoisotopic (exact) mass is 392 g/mol. The number of carbonyl (C=O) groups is 1. The van der Waals surface area contributed by atoms with Crippen molar-refractivity contribution in [1.82, 2.24) is 9.61 Å². The number of carbonyl (C=O) groups excluding carboxylic acids is 1. The number of fused-ring (bicyclic) bond motifs is 1. The maximum atomic E-state index is 14.2. The van der Waals surface area contributed by atoms with E-state index in [0.29, 0.717) is 33.4 Å². The maximum Gasteiger partial charge on any atom is 0.341 e. The molecule has 0 fully saturated rings. The van der Waals surface area contributed by atoms with Crippen molar-refractivity contribution in [3.05, 3.63) is 51.9 Å². The van der Waals surface area contributed by atoms with Gasteiger partial charge in [-0.1, -0.05) is 22.9 Å². The van der Waals surface area contributed by atoms with Crippen molar-refractivity contribution in [2.24, 2.45) is 0 Å². The van der Waals surface area contributed by atoms with E-state index in [-0.39, 0.29) is 11.3 Å². The number of hydrogen-bond acceptors (Lipinski definition) is 4. The van der Waals surface area contributed by atoms with Crippen molar-refractivity contribution in [2.75, 3.05) is 7.11 Å². The van der Waals surface area contributed by atoms with E-state index in [1.165, 1.54) is 23.8 Å². The van der Waals surface area contributed by atoms with Crippen LogP contribution in [0.5, 0.6) is 5.75 Å². The van der Waals surface area contributed by atoms with Crippen LogP contribution < -0.4 is 0 Å². The highest BCUT2D eigenvalue weighted by molar-refractivity contribution is 9.10. The van der Waals surface area contributed by atoms with Gasteiger partial charge in [0, 0.05) is 15.7 Å². The number of aromatic nitrogens is 2. The molecule has 1 aromatic carbocycles. The minimum Gasteiger partial charge on any atom is -0.505 e. The lowest BCUT2D eigenvalue weighted by Crippen LogP contribution is -2.06. The summed E-state index contributed by atoms with van der Waals surface area (Å²) >= 11 is 3.21. The summed E-state index contributed by atoms with van der Waals surface area (Å²) in [5.41, 5.74) is 1.76. The summed E-state index contributed by atoms with van der Waals surface area (Å²) in [4.78, 5) is 11.8. The molecule has 3 rings (SSSR count). The van der Waals surface area contributed by atoms with Crippen LogP contribution in [0.3, 0.4) is 0 Å². The number of rotatable bonds is 3. The number of esters is 1. The predicted octanol–water partition coefficient (Wildman–Crippen LogP) is 3.96. The van der Waals surface area contributed by atoms with E-state index in [1.807, 2.05) is 6.92 Å². The minimum absolute atomic E-state index is 0.0598. The number of methoxy groups -OCH3 is 1. The zero-order valence-electron chi connectivity index (χ0n) is 13.0. The molecule has 0 aliphatic heterocycles. The summed E-state index contributed by atoms with van der Waals surface area (Å²) in [7, 11) is 1.25. The highest BCUT2D eigenvalue weighted by Crippen LogP contribution is 2.32. The van der Waals surface area contributed by atoms with Crippen molar-refractivity contribution in [1.29, 1.82) is 0 Å². The van der Waals surface area contributed by atoms with Crippen LogP contribution >= 0.6 is 15.9 Å². The average Bonchev–Trinajstić information content (AvgIpc) is 3.00. The molecule has 0 aliphatic carbocycles. The van der Waals surface area contributed by atoms with Gasteiger partial charge in [-0.15, -0.1) is 0 Å². The Morgan fingerprint density at radius 2 is 2.12 bits per heavy atom. The largest absolute Gasteiger partial charge is 0.505 e. The van der Waals surface area contributed by atoms with E-state index in [0.717, 1.165) is 0 Å². The fraction of sp³-hybridized carbons (Fsp3) is 0.176. The first-order valence-corrected chi connectivity index (χ1v) is 8.04. The van der Waals surface area contributed by atoms with Crippen LogP contribution in [0.1, 0.15) is 23.0 Å². The molecule has 5 nitrogen and oxygen atoms in total.